The van der Waals surface area contributed by atoms with Gasteiger partial charge in [0, 0.05) is 31.6 Å². The van der Waals surface area contributed by atoms with Crippen molar-refractivity contribution in [3.8, 4) is 5.75 Å². The van der Waals surface area contributed by atoms with Crippen LogP contribution in [-0.2, 0) is 17.9 Å². The van der Waals surface area contributed by atoms with Crippen molar-refractivity contribution in [2.45, 2.75) is 32.9 Å². The zero-order chi connectivity index (χ0) is 23.6. The van der Waals surface area contributed by atoms with Crippen molar-refractivity contribution in [1.29, 1.82) is 5.41 Å². The van der Waals surface area contributed by atoms with Crippen LogP contribution >= 0.6 is 11.3 Å². The Morgan fingerprint density at radius 1 is 1.18 bits per heavy atom. The van der Waals surface area contributed by atoms with Gasteiger partial charge in [-0.25, -0.2) is 4.98 Å². The summed E-state index contributed by atoms with van der Waals surface area (Å²) in [5.41, 5.74) is 20.8. The number of guanidine groups is 1. The van der Waals surface area contributed by atoms with Gasteiger partial charge in [0.15, 0.2) is 17.7 Å². The molecule has 0 saturated heterocycles. The maximum Gasteiger partial charge on any atom is 0.194 e. The van der Waals surface area contributed by atoms with E-state index in [0.717, 1.165) is 37.4 Å². The number of anilines is 1. The highest BCUT2D eigenvalue weighted by atomic mass is 32.1. The largest absolute Gasteiger partial charge is 0.490 e. The zero-order valence-corrected chi connectivity index (χ0v) is 19.9. The highest BCUT2D eigenvalue weighted by Crippen LogP contribution is 2.27. The molecule has 1 aliphatic heterocycles. The van der Waals surface area contributed by atoms with Crippen molar-refractivity contribution in [2.24, 2.45) is 16.6 Å². The topological polar surface area (TPSA) is 152 Å². The molecule has 10 nitrogen and oxygen atoms in total. The van der Waals surface area contributed by atoms with E-state index in [9.17, 15) is 0 Å². The van der Waals surface area contributed by atoms with E-state index in [0.29, 0.717) is 56.2 Å². The molecule has 0 amide bonds. The molecule has 0 aliphatic carbocycles. The monoisotopic (exact) mass is 474 g/mol. The Morgan fingerprint density at radius 2 is 1.91 bits per heavy atom. The predicted molar refractivity (Wildman–Crippen MR) is 133 cm³/mol. The third-order valence-electron chi connectivity index (χ3n) is 5.30. The lowest BCUT2D eigenvalue weighted by molar-refractivity contribution is 0.107. The van der Waals surface area contributed by atoms with Gasteiger partial charge in [0.1, 0.15) is 23.8 Å². The van der Waals surface area contributed by atoms with Crippen LogP contribution in [0.3, 0.4) is 0 Å². The number of benzene rings is 1. The molecule has 33 heavy (non-hydrogen) atoms. The number of nitrogens with zero attached hydrogens (tertiary/aromatic N) is 4. The molecule has 0 atom stereocenters. The molecule has 2 heterocycles. The van der Waals surface area contributed by atoms with Crippen molar-refractivity contribution in [3.63, 3.8) is 0 Å². The second kappa shape index (κ2) is 12.4. The van der Waals surface area contributed by atoms with Crippen molar-refractivity contribution >= 4 is 28.1 Å². The van der Waals surface area contributed by atoms with Crippen LogP contribution < -0.4 is 21.9 Å². The highest BCUT2D eigenvalue weighted by molar-refractivity contribution is 7.13. The van der Waals surface area contributed by atoms with E-state index in [1.54, 1.807) is 0 Å². The Labute approximate surface area is 198 Å². The van der Waals surface area contributed by atoms with Gasteiger partial charge in [0.05, 0.1) is 0 Å². The second-order valence-electron chi connectivity index (χ2n) is 7.81. The molecule has 1 aliphatic rings. The van der Waals surface area contributed by atoms with Gasteiger partial charge in [0.2, 0.25) is 0 Å². The molecule has 180 valence electrons. The number of oxime groups is 1. The normalized spacial score (nSPS) is 13.2. The average molecular weight is 475 g/mol. The molecule has 0 saturated carbocycles. The summed E-state index contributed by atoms with van der Waals surface area (Å²) in [6, 6.07) is 6.07. The van der Waals surface area contributed by atoms with Crippen LogP contribution in [0.4, 0.5) is 5.13 Å². The van der Waals surface area contributed by atoms with Crippen LogP contribution in [0.25, 0.3) is 0 Å². The molecule has 0 spiro atoms. The van der Waals surface area contributed by atoms with Crippen LogP contribution in [0.2, 0.25) is 0 Å². The van der Waals surface area contributed by atoms with Crippen LogP contribution in [0.5, 0.6) is 5.75 Å². The van der Waals surface area contributed by atoms with Gasteiger partial charge in [-0.1, -0.05) is 11.2 Å². The zero-order valence-electron chi connectivity index (χ0n) is 19.1. The summed E-state index contributed by atoms with van der Waals surface area (Å²) in [6.07, 6.45) is 1.71. The van der Waals surface area contributed by atoms with Gasteiger partial charge >= 0.3 is 0 Å². The number of aromatic nitrogens is 1. The fourth-order valence-electron chi connectivity index (χ4n) is 3.54. The summed E-state index contributed by atoms with van der Waals surface area (Å²) >= 11 is 1.37. The first kappa shape index (κ1) is 24.7. The SMILES string of the molecule is C/C(=N\OCCOc1ccc2c(c1)CN(C(=N)N(CCCN)CCCN)C2)c1csc(N)n1. The Morgan fingerprint density at radius 3 is 2.58 bits per heavy atom. The third kappa shape index (κ3) is 7.04. The summed E-state index contributed by atoms with van der Waals surface area (Å²) in [5.74, 6) is 1.31. The van der Waals surface area contributed by atoms with Gasteiger partial charge in [-0.3, -0.25) is 5.41 Å². The van der Waals surface area contributed by atoms with Crippen LogP contribution in [0, 0.1) is 5.41 Å². The van der Waals surface area contributed by atoms with Crippen molar-refractivity contribution in [1.82, 2.24) is 14.8 Å². The number of nitrogens with one attached hydrogen (secondary N) is 1. The first-order valence-electron chi connectivity index (χ1n) is 11.1. The van der Waals surface area contributed by atoms with Gasteiger partial charge in [-0.05, 0) is 56.1 Å². The third-order valence-corrected chi connectivity index (χ3v) is 5.97. The van der Waals surface area contributed by atoms with Crippen molar-refractivity contribution in [2.75, 3.05) is 45.1 Å². The van der Waals surface area contributed by atoms with Gasteiger partial charge in [0.25, 0.3) is 0 Å². The van der Waals surface area contributed by atoms with Gasteiger partial charge in [-0.2, -0.15) is 0 Å². The number of ether oxygens (including phenoxy) is 1. The molecule has 11 heteroatoms. The van der Waals surface area contributed by atoms with E-state index in [4.69, 9.17) is 32.2 Å². The van der Waals surface area contributed by atoms with E-state index in [-0.39, 0.29) is 0 Å². The van der Waals surface area contributed by atoms with E-state index >= 15 is 0 Å². The minimum Gasteiger partial charge on any atom is -0.490 e. The summed E-state index contributed by atoms with van der Waals surface area (Å²) < 4.78 is 5.83. The fraction of sp³-hybridized carbons (Fsp3) is 0.500. The molecule has 3 rings (SSSR count). The predicted octanol–water partition coefficient (Wildman–Crippen LogP) is 1.79. The van der Waals surface area contributed by atoms with Crippen molar-refractivity contribution in [3.05, 3.63) is 40.4 Å². The maximum absolute atomic E-state index is 8.68. The van der Waals surface area contributed by atoms with Crippen LogP contribution in [0.1, 0.15) is 36.6 Å². The maximum atomic E-state index is 8.68. The molecule has 0 bridgehead atoms. The number of thiazole rings is 1. The van der Waals surface area contributed by atoms with E-state index in [1.807, 2.05) is 24.4 Å². The molecule has 1 aromatic carbocycles. The Kier molecular flexibility index (Phi) is 9.28. The van der Waals surface area contributed by atoms with Crippen LogP contribution in [0.15, 0.2) is 28.7 Å². The molecule has 0 unspecified atom stereocenters. The lowest BCUT2D eigenvalue weighted by atomic mass is 10.1. The molecule has 0 radical (unpaired) electrons. The first-order valence-corrected chi connectivity index (χ1v) is 12.0. The lowest BCUT2D eigenvalue weighted by Crippen LogP contribution is -2.43. The summed E-state index contributed by atoms with van der Waals surface area (Å²) in [6.45, 7) is 6.69. The number of nitrogen functional groups attached to an aromatic ring is 1. The number of hydrogen-bond acceptors (Lipinski definition) is 9. The molecule has 0 fully saturated rings. The lowest BCUT2D eigenvalue weighted by Gasteiger charge is -2.30. The number of rotatable bonds is 12. The number of fused-ring (bicyclic) bond motifs is 1. The van der Waals surface area contributed by atoms with Crippen molar-refractivity contribution < 1.29 is 9.57 Å². The Bertz CT molecular complexity index is 940. The molecular formula is C22H34N8O2S. The van der Waals surface area contributed by atoms with E-state index in [2.05, 4.69) is 26.0 Å². The molecule has 1 aromatic heterocycles. The van der Waals surface area contributed by atoms with Crippen LogP contribution in [-0.4, -0.2) is 65.8 Å². The summed E-state index contributed by atoms with van der Waals surface area (Å²) in [4.78, 5) is 13.7. The molecular weight excluding hydrogens is 440 g/mol. The number of hydrogen-bond donors (Lipinski definition) is 4. The van der Waals surface area contributed by atoms with Gasteiger partial charge < -0.3 is 36.6 Å². The first-order chi connectivity index (χ1) is 16.0. The average Bonchev–Trinajstić information content (AvgIpc) is 3.44. The van der Waals surface area contributed by atoms with Gasteiger partial charge in [-0.15, -0.1) is 11.3 Å². The summed E-state index contributed by atoms with van der Waals surface area (Å²) in [7, 11) is 0. The number of nitrogens with two attached hydrogens (primary N) is 3. The Balaban J connectivity index is 1.48. The fourth-order valence-corrected chi connectivity index (χ4v) is 4.14. The summed E-state index contributed by atoms with van der Waals surface area (Å²) in [5, 5.41) is 15.1. The second-order valence-corrected chi connectivity index (χ2v) is 8.70. The minimum atomic E-state index is 0.321. The Hall–Kier alpha value is -2.89. The van der Waals surface area contributed by atoms with E-state index in [1.165, 1.54) is 22.5 Å². The smallest absolute Gasteiger partial charge is 0.194 e. The molecule has 2 aromatic rings. The quantitative estimate of drug-likeness (QED) is 0.157. The minimum absolute atomic E-state index is 0.321. The standard InChI is InChI=1S/C22H34N8O2S/c1-16(20-15-33-21(25)27-20)28-32-11-10-31-19-5-4-17-13-30(14-18(17)12-19)22(26)29(8-2-6-23)9-3-7-24/h4-5,12,15,26H,2-3,6-11,13-14,23-24H2,1H3,(H2,25,27)/b26-22?,28-16+. The highest BCUT2D eigenvalue weighted by Gasteiger charge is 2.24. The molecule has 7 N–H and O–H groups in total. The van der Waals surface area contributed by atoms with E-state index < -0.39 is 0 Å².